The molecule has 0 N–H and O–H groups in total. The molecule has 1 saturated carbocycles. The molecule has 2 rings (SSSR count). The zero-order valence-electron chi connectivity index (χ0n) is 7.78. The molecule has 0 spiro atoms. The van der Waals surface area contributed by atoms with Crippen molar-refractivity contribution in [1.29, 1.82) is 0 Å². The van der Waals surface area contributed by atoms with Gasteiger partial charge in [-0.3, -0.25) is 9.59 Å². The predicted molar refractivity (Wildman–Crippen MR) is 45.0 cm³/mol. The summed E-state index contributed by atoms with van der Waals surface area (Å²) >= 11 is 0. The predicted octanol–water partition coefficient (Wildman–Crippen LogP) is 1.81. The molecular formula is C10H8F2O2. The number of halogens is 2. The van der Waals surface area contributed by atoms with Crippen molar-refractivity contribution < 1.29 is 18.4 Å². The Morgan fingerprint density at radius 1 is 1.00 bits per heavy atom. The maximum Gasteiger partial charge on any atom is 0.371 e. The van der Waals surface area contributed by atoms with E-state index in [0.717, 1.165) is 0 Å². The lowest BCUT2D eigenvalue weighted by molar-refractivity contribution is -0.148. The Kier molecular flexibility index (Phi) is 1.57. The van der Waals surface area contributed by atoms with Crippen molar-refractivity contribution >= 4 is 11.6 Å². The zero-order valence-corrected chi connectivity index (χ0v) is 7.78. The number of hydrogen-bond acceptors (Lipinski definition) is 2. The molecule has 0 radical (unpaired) electrons. The maximum absolute atomic E-state index is 13.0. The van der Waals surface area contributed by atoms with Crippen LogP contribution < -0.4 is 0 Å². The fourth-order valence-corrected chi connectivity index (χ4v) is 2.03. The third-order valence-corrected chi connectivity index (χ3v) is 2.66. The van der Waals surface area contributed by atoms with Crippen molar-refractivity contribution in [2.75, 3.05) is 0 Å². The van der Waals surface area contributed by atoms with Gasteiger partial charge in [0, 0.05) is 11.1 Å². The number of allylic oxidation sites excluding steroid dienone is 4. The number of ketones is 2. The van der Waals surface area contributed by atoms with Crippen LogP contribution >= 0.6 is 0 Å². The number of alkyl halides is 2. The van der Waals surface area contributed by atoms with Crippen LogP contribution in [0.15, 0.2) is 22.3 Å². The van der Waals surface area contributed by atoms with Crippen molar-refractivity contribution in [3.63, 3.8) is 0 Å². The molecule has 0 unspecified atom stereocenters. The highest BCUT2D eigenvalue weighted by molar-refractivity contribution is 6.34. The molecule has 0 saturated heterocycles. The normalized spacial score (nSPS) is 25.1. The molecule has 0 heterocycles. The van der Waals surface area contributed by atoms with E-state index >= 15 is 0 Å². The molecule has 4 heteroatoms. The monoisotopic (exact) mass is 198 g/mol. The van der Waals surface area contributed by atoms with E-state index in [1.165, 1.54) is 0 Å². The van der Waals surface area contributed by atoms with Crippen LogP contribution in [0.25, 0.3) is 0 Å². The van der Waals surface area contributed by atoms with Crippen molar-refractivity contribution in [2.45, 2.75) is 26.2 Å². The van der Waals surface area contributed by atoms with E-state index in [1.54, 1.807) is 13.8 Å². The van der Waals surface area contributed by atoms with Gasteiger partial charge in [0.1, 0.15) is 0 Å². The molecule has 2 aliphatic rings. The first-order valence-corrected chi connectivity index (χ1v) is 4.24. The van der Waals surface area contributed by atoms with E-state index < -0.39 is 17.5 Å². The summed E-state index contributed by atoms with van der Waals surface area (Å²) in [6, 6.07) is 0. The first-order chi connectivity index (χ1) is 6.37. The van der Waals surface area contributed by atoms with Crippen LogP contribution in [0, 0.1) is 0 Å². The fourth-order valence-electron chi connectivity index (χ4n) is 2.03. The van der Waals surface area contributed by atoms with Gasteiger partial charge in [0.15, 0.2) is 0 Å². The van der Waals surface area contributed by atoms with E-state index in [2.05, 4.69) is 0 Å². The Balaban J connectivity index is 2.70. The molecule has 0 aromatic heterocycles. The van der Waals surface area contributed by atoms with Gasteiger partial charge in [-0.1, -0.05) is 11.1 Å². The minimum absolute atomic E-state index is 0.0440. The first-order valence-electron chi connectivity index (χ1n) is 4.24. The van der Waals surface area contributed by atoms with E-state index in [-0.39, 0.29) is 11.1 Å². The second-order valence-corrected chi connectivity index (χ2v) is 3.72. The van der Waals surface area contributed by atoms with Crippen LogP contribution in [0.5, 0.6) is 0 Å². The number of fused-ring (bicyclic) bond motifs is 1. The third-order valence-electron chi connectivity index (χ3n) is 2.66. The largest absolute Gasteiger partial charge is 0.371 e. The lowest BCUT2D eigenvalue weighted by Crippen LogP contribution is -2.30. The molecule has 0 aromatic rings. The second kappa shape index (κ2) is 2.38. The molecule has 0 bridgehead atoms. The van der Waals surface area contributed by atoms with Crippen LogP contribution in [0.3, 0.4) is 0 Å². The standard InChI is InChI=1S/C10H8F2O2/c1-4-3-5(2)7-6(4)8(13)10(11,12)9(7)14/h3H2,1-2H3. The third kappa shape index (κ3) is 0.832. The average molecular weight is 198 g/mol. The fraction of sp³-hybridized carbons (Fsp3) is 0.400. The van der Waals surface area contributed by atoms with Gasteiger partial charge in [-0.2, -0.15) is 8.78 Å². The minimum Gasteiger partial charge on any atom is -0.287 e. The van der Waals surface area contributed by atoms with Crippen molar-refractivity contribution in [3.05, 3.63) is 22.3 Å². The quantitative estimate of drug-likeness (QED) is 0.556. The van der Waals surface area contributed by atoms with Crippen LogP contribution in [0.2, 0.25) is 0 Å². The Morgan fingerprint density at radius 2 is 1.36 bits per heavy atom. The number of carbonyl (C=O) groups excluding carboxylic acids is 2. The zero-order chi connectivity index (χ0) is 10.7. The van der Waals surface area contributed by atoms with Gasteiger partial charge in [0.05, 0.1) is 0 Å². The van der Waals surface area contributed by atoms with Crippen LogP contribution in [-0.2, 0) is 9.59 Å². The number of rotatable bonds is 0. The van der Waals surface area contributed by atoms with Gasteiger partial charge < -0.3 is 0 Å². The number of Topliss-reactive ketones (excluding diaryl/α,β-unsaturated/α-hetero) is 2. The van der Waals surface area contributed by atoms with Crippen molar-refractivity contribution in [3.8, 4) is 0 Å². The Bertz CT molecular complexity index is 389. The lowest BCUT2D eigenvalue weighted by Gasteiger charge is -2.04. The van der Waals surface area contributed by atoms with Gasteiger partial charge in [-0.05, 0) is 20.3 Å². The van der Waals surface area contributed by atoms with Gasteiger partial charge in [0.2, 0.25) is 11.6 Å². The average Bonchev–Trinajstić information content (AvgIpc) is 2.45. The van der Waals surface area contributed by atoms with Gasteiger partial charge in [0.25, 0.3) is 0 Å². The second-order valence-electron chi connectivity index (χ2n) is 3.72. The van der Waals surface area contributed by atoms with Crippen molar-refractivity contribution in [2.24, 2.45) is 0 Å². The summed E-state index contributed by atoms with van der Waals surface area (Å²) in [4.78, 5) is 22.4. The summed E-state index contributed by atoms with van der Waals surface area (Å²) in [5.41, 5.74) is 1.07. The molecule has 0 atom stereocenters. The van der Waals surface area contributed by atoms with E-state index in [0.29, 0.717) is 17.6 Å². The van der Waals surface area contributed by atoms with Crippen LogP contribution in [0.1, 0.15) is 20.3 Å². The molecule has 0 amide bonds. The summed E-state index contributed by atoms with van der Waals surface area (Å²) in [7, 11) is 0. The van der Waals surface area contributed by atoms with Crippen LogP contribution in [0.4, 0.5) is 8.78 Å². The van der Waals surface area contributed by atoms with E-state index in [1.807, 2.05) is 0 Å². The summed E-state index contributed by atoms with van der Waals surface area (Å²) in [5, 5.41) is 0. The highest BCUT2D eigenvalue weighted by Crippen LogP contribution is 2.44. The Morgan fingerprint density at radius 3 is 1.71 bits per heavy atom. The molecule has 0 aliphatic heterocycles. The summed E-state index contributed by atoms with van der Waals surface area (Å²) in [6.45, 7) is 3.22. The summed E-state index contributed by atoms with van der Waals surface area (Å²) < 4.78 is 26.1. The molecule has 2 nitrogen and oxygen atoms in total. The van der Waals surface area contributed by atoms with E-state index in [9.17, 15) is 18.4 Å². The highest BCUT2D eigenvalue weighted by atomic mass is 19.3. The maximum atomic E-state index is 13.0. The van der Waals surface area contributed by atoms with Gasteiger partial charge in [-0.25, -0.2) is 0 Å². The van der Waals surface area contributed by atoms with Crippen molar-refractivity contribution in [1.82, 2.24) is 0 Å². The topological polar surface area (TPSA) is 34.1 Å². The highest BCUT2D eigenvalue weighted by Gasteiger charge is 2.59. The molecule has 74 valence electrons. The summed E-state index contributed by atoms with van der Waals surface area (Å²) in [5.74, 6) is -6.48. The smallest absolute Gasteiger partial charge is 0.287 e. The molecule has 1 fully saturated rings. The Hall–Kier alpha value is -1.32. The van der Waals surface area contributed by atoms with E-state index in [4.69, 9.17) is 0 Å². The molecule has 0 aromatic carbocycles. The Labute approximate surface area is 79.3 Å². The molecule has 14 heavy (non-hydrogen) atoms. The molecule has 2 aliphatic carbocycles. The number of hydrogen-bond donors (Lipinski definition) is 0. The lowest BCUT2D eigenvalue weighted by atomic mass is 10.1. The van der Waals surface area contributed by atoms with Gasteiger partial charge in [-0.15, -0.1) is 0 Å². The van der Waals surface area contributed by atoms with Crippen LogP contribution in [-0.4, -0.2) is 17.5 Å². The summed E-state index contributed by atoms with van der Waals surface area (Å²) in [6.07, 6.45) is 0.457. The molecular weight excluding hydrogens is 190 g/mol. The first kappa shape index (κ1) is 9.24. The van der Waals surface area contributed by atoms with Gasteiger partial charge >= 0.3 is 5.92 Å². The number of carbonyl (C=O) groups is 2. The minimum atomic E-state index is -3.83. The SMILES string of the molecule is CC1=C2C(=O)C(F)(F)C(=O)C2=C(C)C1.